The Bertz CT molecular complexity index is 1170. The van der Waals surface area contributed by atoms with Crippen LogP contribution >= 0.6 is 23.1 Å². The molecule has 1 amide bonds. The molecule has 4 rings (SSSR count). The number of nitrogens with zero attached hydrogens (tertiary/aromatic N) is 4. The lowest BCUT2D eigenvalue weighted by molar-refractivity contribution is -0.124. The number of rotatable bonds is 6. The summed E-state index contributed by atoms with van der Waals surface area (Å²) in [5, 5.41) is 19.6. The number of hydrogen-bond donors (Lipinski definition) is 1. The zero-order chi connectivity index (χ0) is 26.7. The van der Waals surface area contributed by atoms with E-state index in [0.29, 0.717) is 21.7 Å². The molecule has 0 spiro atoms. The van der Waals surface area contributed by atoms with Gasteiger partial charge in [0.05, 0.1) is 16.8 Å². The van der Waals surface area contributed by atoms with Gasteiger partial charge < -0.3 is 10.0 Å². The molecule has 2 fully saturated rings. The van der Waals surface area contributed by atoms with E-state index in [-0.39, 0.29) is 28.2 Å². The van der Waals surface area contributed by atoms with E-state index < -0.39 is 5.97 Å². The van der Waals surface area contributed by atoms with Crippen LogP contribution in [-0.4, -0.2) is 43.3 Å². The monoisotopic (exact) mass is 542 g/mol. The largest absolute Gasteiger partial charge is 0.477 e. The van der Waals surface area contributed by atoms with Crippen molar-refractivity contribution in [3.8, 4) is 11.8 Å². The minimum absolute atomic E-state index is 0.00973. The number of carboxylic acids is 1. The van der Waals surface area contributed by atoms with Crippen molar-refractivity contribution in [2.24, 2.45) is 24.3 Å². The molecule has 2 aromatic heterocycles. The summed E-state index contributed by atoms with van der Waals surface area (Å²) in [6.45, 7) is 8.34. The molecule has 2 aliphatic carbocycles. The fraction of sp³-hybridized carbons (Fsp3) is 0.643. The summed E-state index contributed by atoms with van der Waals surface area (Å²) in [7, 11) is 1.90. The van der Waals surface area contributed by atoms with Gasteiger partial charge >= 0.3 is 5.97 Å². The SMILES string of the molecule is Cn1nncc1S[C@H]1CC[C@@H](N(c2cc(C#CC(C)(C)C)sc2C(=O)O)C(=O)[C@H]2CC[C@H](C)CC2)CC1. The van der Waals surface area contributed by atoms with Crippen LogP contribution < -0.4 is 4.90 Å². The van der Waals surface area contributed by atoms with Crippen LogP contribution in [-0.2, 0) is 11.8 Å². The number of thiophene rings is 1. The lowest BCUT2D eigenvalue weighted by atomic mass is 9.81. The van der Waals surface area contributed by atoms with Gasteiger partial charge in [0.15, 0.2) is 0 Å². The number of carbonyl (C=O) groups excluding carboxylic acids is 1. The predicted molar refractivity (Wildman–Crippen MR) is 149 cm³/mol. The van der Waals surface area contributed by atoms with E-state index in [1.807, 2.05) is 38.8 Å². The third-order valence-corrected chi connectivity index (χ3v) is 9.74. The van der Waals surface area contributed by atoms with Crippen molar-refractivity contribution >= 4 is 40.7 Å². The Kier molecular flexibility index (Phi) is 8.70. The molecule has 0 saturated heterocycles. The topological polar surface area (TPSA) is 88.3 Å². The van der Waals surface area contributed by atoms with Crippen LogP contribution in [0.2, 0.25) is 0 Å². The van der Waals surface area contributed by atoms with Gasteiger partial charge in [-0.15, -0.1) is 28.2 Å². The predicted octanol–water partition coefficient (Wildman–Crippen LogP) is 6.24. The third kappa shape index (κ3) is 6.97. The van der Waals surface area contributed by atoms with Crippen LogP contribution in [0.3, 0.4) is 0 Å². The lowest BCUT2D eigenvalue weighted by Crippen LogP contribution is -2.46. The molecule has 2 aromatic rings. The number of aromatic nitrogens is 3. The number of amides is 1. The molecule has 2 saturated carbocycles. The molecule has 200 valence electrons. The molecular formula is C28H38N4O3S2. The second-order valence-electron chi connectivity index (χ2n) is 11.5. The van der Waals surface area contributed by atoms with Gasteiger partial charge in [0.2, 0.25) is 5.91 Å². The van der Waals surface area contributed by atoms with Crippen LogP contribution in [0.1, 0.15) is 93.6 Å². The lowest BCUT2D eigenvalue weighted by Gasteiger charge is -2.39. The molecule has 0 unspecified atom stereocenters. The van der Waals surface area contributed by atoms with Crippen molar-refractivity contribution in [3.63, 3.8) is 0 Å². The smallest absolute Gasteiger partial charge is 0.348 e. The van der Waals surface area contributed by atoms with Crippen LogP contribution in [0.25, 0.3) is 0 Å². The first-order valence-corrected chi connectivity index (χ1v) is 15.0. The molecule has 0 aromatic carbocycles. The number of carboxylic acid groups (broad SMARTS) is 1. The molecule has 2 aliphatic rings. The van der Waals surface area contributed by atoms with Gasteiger partial charge in [0, 0.05) is 29.7 Å². The minimum Gasteiger partial charge on any atom is -0.477 e. The van der Waals surface area contributed by atoms with E-state index in [4.69, 9.17) is 0 Å². The van der Waals surface area contributed by atoms with E-state index in [0.717, 1.165) is 56.4 Å². The Balaban J connectivity index is 1.62. The van der Waals surface area contributed by atoms with Crippen molar-refractivity contribution in [1.82, 2.24) is 15.0 Å². The van der Waals surface area contributed by atoms with Crippen LogP contribution in [0, 0.1) is 29.1 Å². The maximum absolute atomic E-state index is 14.1. The summed E-state index contributed by atoms with van der Waals surface area (Å²) in [5.74, 6) is 6.07. The standard InChI is InChI=1S/C28H38N4O3S2/c1-18-6-8-19(9-7-18)26(33)32(20-10-12-21(13-11-20)36-24-17-29-30-31(24)5)23-16-22(14-15-28(2,3)4)37-25(23)27(34)35/h16-21H,6-13H2,1-5H3,(H,34,35)/t18-,19-,20-,21+. The maximum Gasteiger partial charge on any atom is 0.348 e. The Labute approximate surface area is 228 Å². The average molecular weight is 543 g/mol. The van der Waals surface area contributed by atoms with Crippen LogP contribution in [0.5, 0.6) is 0 Å². The molecule has 0 radical (unpaired) electrons. The summed E-state index contributed by atoms with van der Waals surface area (Å²) in [6.07, 6.45) is 9.22. The normalized spacial score (nSPS) is 24.2. The highest BCUT2D eigenvalue weighted by Crippen LogP contribution is 2.41. The highest BCUT2D eigenvalue weighted by Gasteiger charge is 2.37. The molecule has 2 heterocycles. The van der Waals surface area contributed by atoms with E-state index in [1.165, 1.54) is 11.3 Å². The van der Waals surface area contributed by atoms with Crippen molar-refractivity contribution < 1.29 is 14.7 Å². The number of anilines is 1. The van der Waals surface area contributed by atoms with Gasteiger partial charge in [-0.05, 0) is 84.1 Å². The Hall–Kier alpha value is -2.31. The molecule has 0 bridgehead atoms. The van der Waals surface area contributed by atoms with Crippen LogP contribution in [0.15, 0.2) is 17.3 Å². The van der Waals surface area contributed by atoms with Crippen molar-refractivity contribution in [1.29, 1.82) is 0 Å². The third-order valence-electron chi connectivity index (χ3n) is 7.30. The number of thioether (sulfide) groups is 1. The molecule has 7 nitrogen and oxygen atoms in total. The van der Waals surface area contributed by atoms with Gasteiger partial charge in [0.25, 0.3) is 0 Å². The van der Waals surface area contributed by atoms with E-state index in [1.54, 1.807) is 22.6 Å². The molecular weight excluding hydrogens is 504 g/mol. The summed E-state index contributed by atoms with van der Waals surface area (Å²) < 4.78 is 1.79. The second kappa shape index (κ2) is 11.6. The van der Waals surface area contributed by atoms with E-state index in [2.05, 4.69) is 29.1 Å². The van der Waals surface area contributed by atoms with E-state index in [9.17, 15) is 14.7 Å². The summed E-state index contributed by atoms with van der Waals surface area (Å²) >= 11 is 2.97. The first-order chi connectivity index (χ1) is 17.5. The Morgan fingerprint density at radius 3 is 2.38 bits per heavy atom. The zero-order valence-corrected chi connectivity index (χ0v) is 24.1. The Morgan fingerprint density at radius 2 is 1.81 bits per heavy atom. The quantitative estimate of drug-likeness (QED) is 0.435. The summed E-state index contributed by atoms with van der Waals surface area (Å²) in [5.41, 5.74) is 0.340. The van der Waals surface area contributed by atoms with Crippen molar-refractivity contribution in [2.75, 3.05) is 4.90 Å². The number of carbonyl (C=O) groups is 2. The van der Waals surface area contributed by atoms with Gasteiger partial charge in [-0.25, -0.2) is 9.48 Å². The van der Waals surface area contributed by atoms with Gasteiger partial charge in [-0.2, -0.15) is 0 Å². The molecule has 0 aliphatic heterocycles. The van der Waals surface area contributed by atoms with E-state index >= 15 is 0 Å². The fourth-order valence-electron chi connectivity index (χ4n) is 5.20. The van der Waals surface area contributed by atoms with Crippen molar-refractivity contribution in [2.45, 2.75) is 95.4 Å². The number of aryl methyl sites for hydroxylation is 1. The first-order valence-electron chi connectivity index (χ1n) is 13.3. The summed E-state index contributed by atoms with van der Waals surface area (Å²) in [4.78, 5) is 29.2. The molecule has 0 atom stereocenters. The molecule has 1 N–H and O–H groups in total. The zero-order valence-electron chi connectivity index (χ0n) is 22.5. The van der Waals surface area contributed by atoms with Gasteiger partial charge in [-0.1, -0.05) is 24.0 Å². The van der Waals surface area contributed by atoms with Crippen molar-refractivity contribution in [3.05, 3.63) is 22.0 Å². The average Bonchev–Trinajstić information content (AvgIpc) is 3.45. The number of aromatic carboxylic acids is 1. The van der Waals surface area contributed by atoms with Crippen LogP contribution in [0.4, 0.5) is 5.69 Å². The van der Waals surface area contributed by atoms with Gasteiger partial charge in [0.1, 0.15) is 9.90 Å². The first kappa shape index (κ1) is 27.7. The summed E-state index contributed by atoms with van der Waals surface area (Å²) in [6, 6.07) is 1.84. The second-order valence-corrected chi connectivity index (χ2v) is 13.9. The fourth-order valence-corrected chi connectivity index (χ4v) is 7.19. The van der Waals surface area contributed by atoms with Gasteiger partial charge in [-0.3, -0.25) is 4.79 Å². The molecule has 37 heavy (non-hydrogen) atoms. The molecule has 9 heteroatoms. The minimum atomic E-state index is -0.994. The highest BCUT2D eigenvalue weighted by molar-refractivity contribution is 7.99. The number of hydrogen-bond acceptors (Lipinski definition) is 6. The Morgan fingerprint density at radius 1 is 1.14 bits per heavy atom. The highest BCUT2D eigenvalue weighted by atomic mass is 32.2. The maximum atomic E-state index is 14.1.